The Morgan fingerprint density at radius 3 is 2.57 bits per heavy atom. The van der Waals surface area contributed by atoms with Gasteiger partial charge < -0.3 is 15.4 Å². The van der Waals surface area contributed by atoms with Crippen molar-refractivity contribution < 1.29 is 18.8 Å². The highest BCUT2D eigenvalue weighted by Crippen LogP contribution is 2.31. The van der Waals surface area contributed by atoms with E-state index in [4.69, 9.17) is 10.5 Å². The van der Waals surface area contributed by atoms with Crippen molar-refractivity contribution in [3.8, 4) is 5.75 Å². The molecule has 1 aliphatic rings. The fourth-order valence-corrected chi connectivity index (χ4v) is 3.63. The van der Waals surface area contributed by atoms with E-state index >= 15 is 0 Å². The smallest absolute Gasteiger partial charge is 0.295 e. The minimum absolute atomic E-state index is 0.0415. The van der Waals surface area contributed by atoms with Crippen molar-refractivity contribution in [1.82, 2.24) is 9.80 Å². The Morgan fingerprint density at radius 1 is 1.20 bits per heavy atom. The first-order chi connectivity index (χ1) is 14.3. The second-order valence-corrected chi connectivity index (χ2v) is 7.53. The van der Waals surface area contributed by atoms with Gasteiger partial charge in [0, 0.05) is 37.8 Å². The van der Waals surface area contributed by atoms with Crippen LogP contribution >= 0.6 is 0 Å². The molecule has 160 valence electrons. The summed E-state index contributed by atoms with van der Waals surface area (Å²) in [6.45, 7) is 5.62. The van der Waals surface area contributed by atoms with Gasteiger partial charge in [0.25, 0.3) is 11.6 Å². The molecule has 2 aromatic rings. The first kappa shape index (κ1) is 21.5. The lowest BCUT2D eigenvalue weighted by atomic mass is 10.1. The van der Waals surface area contributed by atoms with Crippen molar-refractivity contribution in [3.63, 3.8) is 0 Å². The Bertz CT molecular complexity index is 922. The molecule has 0 spiro atoms. The number of rotatable bonds is 6. The number of nitro benzene ring substituents is 1. The number of carbonyl (C=O) groups is 1. The van der Waals surface area contributed by atoms with Gasteiger partial charge in [0.05, 0.1) is 4.92 Å². The molecule has 9 heteroatoms. The van der Waals surface area contributed by atoms with Crippen LogP contribution in [-0.4, -0.2) is 52.4 Å². The summed E-state index contributed by atoms with van der Waals surface area (Å²) in [5, 5.41) is 11.0. The number of ether oxygens (including phenoxy) is 1. The van der Waals surface area contributed by atoms with E-state index in [-0.39, 0.29) is 47.5 Å². The maximum Gasteiger partial charge on any atom is 0.295 e. The van der Waals surface area contributed by atoms with Crippen LogP contribution in [0.2, 0.25) is 0 Å². The summed E-state index contributed by atoms with van der Waals surface area (Å²) in [5.41, 5.74) is 6.44. The molecule has 0 bridgehead atoms. The Hall–Kier alpha value is -3.20. The number of para-hydroxylation sites is 1. The molecule has 1 aliphatic heterocycles. The molecular formula is C21H25FN4O4. The van der Waals surface area contributed by atoms with Gasteiger partial charge in [-0.3, -0.25) is 19.8 Å². The highest BCUT2D eigenvalue weighted by atomic mass is 19.1. The number of nitrogen functional groups attached to an aromatic ring is 1. The second-order valence-electron chi connectivity index (χ2n) is 7.53. The minimum atomic E-state index is -0.589. The van der Waals surface area contributed by atoms with Crippen molar-refractivity contribution in [3.05, 3.63) is 64.0 Å². The maximum atomic E-state index is 13.1. The minimum Gasteiger partial charge on any atom is -0.481 e. The van der Waals surface area contributed by atoms with Gasteiger partial charge in [-0.05, 0) is 37.6 Å². The lowest BCUT2D eigenvalue weighted by Gasteiger charge is -2.44. The van der Waals surface area contributed by atoms with Crippen LogP contribution < -0.4 is 10.5 Å². The summed E-state index contributed by atoms with van der Waals surface area (Å²) in [6.07, 6.45) is 0. The lowest BCUT2D eigenvalue weighted by Crippen LogP contribution is -2.58. The topological polar surface area (TPSA) is 102 Å². The molecule has 1 amide bonds. The number of hydrogen-bond acceptors (Lipinski definition) is 6. The summed E-state index contributed by atoms with van der Waals surface area (Å²) in [5.74, 6) is -0.352. The normalized spacial score (nSPS) is 19.5. The van der Waals surface area contributed by atoms with Crippen LogP contribution in [0.15, 0.2) is 42.5 Å². The average Bonchev–Trinajstić information content (AvgIpc) is 2.71. The quantitative estimate of drug-likeness (QED) is 0.441. The van der Waals surface area contributed by atoms with E-state index in [1.165, 1.54) is 30.3 Å². The summed E-state index contributed by atoms with van der Waals surface area (Å²) >= 11 is 0. The van der Waals surface area contributed by atoms with Crippen LogP contribution in [0.3, 0.4) is 0 Å². The van der Waals surface area contributed by atoms with Crippen LogP contribution in [0.25, 0.3) is 0 Å². The van der Waals surface area contributed by atoms with Crippen LogP contribution in [0.5, 0.6) is 5.75 Å². The Balaban J connectivity index is 1.59. The van der Waals surface area contributed by atoms with Crippen molar-refractivity contribution in [2.45, 2.75) is 32.5 Å². The molecule has 30 heavy (non-hydrogen) atoms. The summed E-state index contributed by atoms with van der Waals surface area (Å²) in [4.78, 5) is 27.1. The van der Waals surface area contributed by atoms with Gasteiger partial charge in [0.15, 0.2) is 12.3 Å². The van der Waals surface area contributed by atoms with Crippen LogP contribution in [0.1, 0.15) is 19.4 Å². The SMILES string of the molecule is C[C@@H]1CN(C(=O)COc2cccc([N+](=O)[O-])c2N)[C@@H](C)CN1Cc1ccc(F)cc1. The van der Waals surface area contributed by atoms with Crippen molar-refractivity contribution in [1.29, 1.82) is 0 Å². The number of hydrogen-bond donors (Lipinski definition) is 1. The van der Waals surface area contributed by atoms with Gasteiger partial charge in [-0.2, -0.15) is 0 Å². The van der Waals surface area contributed by atoms with Crippen LogP contribution in [0.4, 0.5) is 15.8 Å². The molecule has 2 aromatic carbocycles. The van der Waals surface area contributed by atoms with E-state index in [1.807, 2.05) is 13.8 Å². The fourth-order valence-electron chi connectivity index (χ4n) is 3.63. The van der Waals surface area contributed by atoms with Gasteiger partial charge in [0.2, 0.25) is 0 Å². The number of nitrogens with zero attached hydrogens (tertiary/aromatic N) is 3. The predicted octanol–water partition coefficient (Wildman–Crippen LogP) is 2.82. The molecule has 0 radical (unpaired) electrons. The standard InChI is InChI=1S/C21H25FN4O4/c1-14-11-25(15(2)10-24(14)12-16-6-8-17(22)9-7-16)20(27)13-30-19-5-3-4-18(21(19)23)26(28)29/h3-9,14-15H,10-13,23H2,1-2H3/t14-,15+/m1/s1. The first-order valence-corrected chi connectivity index (χ1v) is 9.70. The summed E-state index contributed by atoms with van der Waals surface area (Å²) in [7, 11) is 0. The zero-order valence-corrected chi connectivity index (χ0v) is 17.0. The highest BCUT2D eigenvalue weighted by Gasteiger charge is 2.32. The van der Waals surface area contributed by atoms with Crippen molar-refractivity contribution in [2.75, 3.05) is 25.4 Å². The maximum absolute atomic E-state index is 13.1. The predicted molar refractivity (Wildman–Crippen MR) is 110 cm³/mol. The number of nitrogens with two attached hydrogens (primary N) is 1. The third kappa shape index (κ3) is 4.85. The Morgan fingerprint density at radius 2 is 1.90 bits per heavy atom. The highest BCUT2D eigenvalue weighted by molar-refractivity contribution is 5.79. The fraction of sp³-hybridized carbons (Fsp3) is 0.381. The zero-order valence-electron chi connectivity index (χ0n) is 17.0. The second kappa shape index (κ2) is 9.08. The first-order valence-electron chi connectivity index (χ1n) is 9.70. The van der Waals surface area contributed by atoms with Gasteiger partial charge in [-0.15, -0.1) is 0 Å². The van der Waals surface area contributed by atoms with Gasteiger partial charge in [0.1, 0.15) is 11.6 Å². The molecular weight excluding hydrogens is 391 g/mol. The van der Waals surface area contributed by atoms with E-state index in [2.05, 4.69) is 4.90 Å². The number of amides is 1. The number of carbonyl (C=O) groups excluding carboxylic acids is 1. The van der Waals surface area contributed by atoms with E-state index in [0.717, 1.165) is 5.56 Å². The lowest BCUT2D eigenvalue weighted by molar-refractivity contribution is -0.384. The monoisotopic (exact) mass is 416 g/mol. The molecule has 2 N–H and O–H groups in total. The number of halogens is 1. The molecule has 1 heterocycles. The van der Waals surface area contributed by atoms with Crippen LogP contribution in [-0.2, 0) is 11.3 Å². The number of piperazine rings is 1. The molecule has 0 aliphatic carbocycles. The molecule has 0 unspecified atom stereocenters. The van der Waals surface area contributed by atoms with Crippen LogP contribution in [0, 0.1) is 15.9 Å². The Kier molecular flexibility index (Phi) is 6.51. The molecule has 0 aromatic heterocycles. The molecule has 2 atom stereocenters. The van der Waals surface area contributed by atoms with Gasteiger partial charge >= 0.3 is 0 Å². The molecule has 3 rings (SSSR count). The van der Waals surface area contributed by atoms with E-state index in [9.17, 15) is 19.3 Å². The van der Waals surface area contributed by atoms with E-state index in [0.29, 0.717) is 19.6 Å². The number of nitro groups is 1. The van der Waals surface area contributed by atoms with Gasteiger partial charge in [-0.25, -0.2) is 4.39 Å². The summed E-state index contributed by atoms with van der Waals surface area (Å²) < 4.78 is 18.6. The third-order valence-corrected chi connectivity index (χ3v) is 5.33. The van der Waals surface area contributed by atoms with Crippen molar-refractivity contribution in [2.24, 2.45) is 0 Å². The largest absolute Gasteiger partial charge is 0.481 e. The molecule has 8 nitrogen and oxygen atoms in total. The summed E-state index contributed by atoms with van der Waals surface area (Å²) in [6, 6.07) is 10.7. The Labute approximate surface area is 174 Å². The molecule has 0 saturated carbocycles. The zero-order chi connectivity index (χ0) is 21.8. The van der Waals surface area contributed by atoms with E-state index in [1.54, 1.807) is 17.0 Å². The average molecular weight is 416 g/mol. The molecule has 1 fully saturated rings. The van der Waals surface area contributed by atoms with E-state index < -0.39 is 4.92 Å². The number of benzene rings is 2. The van der Waals surface area contributed by atoms with Crippen molar-refractivity contribution >= 4 is 17.3 Å². The van der Waals surface area contributed by atoms with Gasteiger partial charge in [-0.1, -0.05) is 18.2 Å². The molecule has 1 saturated heterocycles. The number of anilines is 1. The third-order valence-electron chi connectivity index (χ3n) is 5.33.